The van der Waals surface area contributed by atoms with Gasteiger partial charge in [0.05, 0.1) is 10.7 Å². The molecule has 1 aliphatic rings. The van der Waals surface area contributed by atoms with Gasteiger partial charge in [-0.15, -0.1) is 0 Å². The van der Waals surface area contributed by atoms with E-state index in [4.69, 9.17) is 22.1 Å². The number of halogens is 1. The normalized spacial score (nSPS) is 18.5. The number of nitrogen functional groups attached to an aromatic ring is 1. The molecule has 0 amide bonds. The van der Waals surface area contributed by atoms with Crippen molar-refractivity contribution in [1.82, 2.24) is 0 Å². The first-order chi connectivity index (χ1) is 10.2. The molecule has 0 aromatic heterocycles. The Morgan fingerprint density at radius 1 is 1.19 bits per heavy atom. The van der Waals surface area contributed by atoms with Crippen molar-refractivity contribution in [1.29, 1.82) is 0 Å². The second kappa shape index (κ2) is 6.29. The molecule has 0 bridgehead atoms. The molecule has 0 aliphatic carbocycles. The average molecular weight is 317 g/mol. The molecule has 2 N–H and O–H groups in total. The highest BCUT2D eigenvalue weighted by Crippen LogP contribution is 2.48. The van der Waals surface area contributed by atoms with Gasteiger partial charge in [-0.1, -0.05) is 41.9 Å². The third-order valence-corrected chi connectivity index (χ3v) is 5.40. The number of thiol groups is 1. The number of allylic oxidation sites excluding steroid dienone is 1. The van der Waals surface area contributed by atoms with E-state index >= 15 is 0 Å². The predicted molar refractivity (Wildman–Crippen MR) is 90.4 cm³/mol. The van der Waals surface area contributed by atoms with E-state index in [1.165, 1.54) is 0 Å². The van der Waals surface area contributed by atoms with Gasteiger partial charge in [-0.3, -0.25) is 0 Å². The Morgan fingerprint density at radius 3 is 2.81 bits per heavy atom. The molecule has 0 fully saturated rings. The molecule has 107 valence electrons. The maximum Gasteiger partial charge on any atom is 0.125 e. The lowest BCUT2D eigenvalue weighted by Crippen LogP contribution is -1.91. The number of rotatable bonds is 4. The van der Waals surface area contributed by atoms with Crippen molar-refractivity contribution in [2.45, 2.75) is 11.5 Å². The second-order valence-corrected chi connectivity index (χ2v) is 6.89. The first kappa shape index (κ1) is 14.1. The van der Waals surface area contributed by atoms with Crippen LogP contribution in [0.1, 0.15) is 5.56 Å². The third-order valence-electron chi connectivity index (χ3n) is 3.16. The summed E-state index contributed by atoms with van der Waals surface area (Å²) in [5, 5.41) is 4.77. The Labute approximate surface area is 132 Å². The number of ether oxygens (including phenoxy) is 1. The Balaban J connectivity index is 1.70. The summed E-state index contributed by atoms with van der Waals surface area (Å²) in [5.74, 6) is 0.879. The van der Waals surface area contributed by atoms with E-state index in [1.54, 1.807) is 6.07 Å². The standard InChI is InChI=1S/C17H15ClNOS/c18-15-7-4-8-16(17(15)19)21-10-9-14(12-21)20-11-13-5-2-1-3-6-13/h1-3,5-10,12,21H,11,19H2. The molecule has 1 aliphatic heterocycles. The largest absolute Gasteiger partial charge is 0.488 e. The van der Waals surface area contributed by atoms with E-state index in [0.29, 0.717) is 17.3 Å². The van der Waals surface area contributed by atoms with Crippen LogP contribution in [-0.4, -0.2) is 0 Å². The molecule has 2 aromatic rings. The lowest BCUT2D eigenvalue weighted by Gasteiger charge is -2.13. The number of nitrogens with two attached hydrogens (primary N) is 1. The summed E-state index contributed by atoms with van der Waals surface area (Å²) in [6, 6.07) is 16.7. The molecule has 1 atom stereocenters. The smallest absolute Gasteiger partial charge is 0.125 e. The molecule has 4 heteroatoms. The summed E-state index contributed by atoms with van der Waals surface area (Å²) in [7, 11) is -0.605. The summed E-state index contributed by atoms with van der Waals surface area (Å²) in [5.41, 5.74) is 7.82. The van der Waals surface area contributed by atoms with Crippen molar-refractivity contribution < 1.29 is 4.74 Å². The number of benzene rings is 2. The van der Waals surface area contributed by atoms with Crippen LogP contribution in [-0.2, 0) is 11.3 Å². The van der Waals surface area contributed by atoms with Crippen molar-refractivity contribution in [3.8, 4) is 0 Å². The quantitative estimate of drug-likeness (QED) is 0.635. The van der Waals surface area contributed by atoms with Crippen LogP contribution in [0, 0.1) is 6.07 Å². The molecule has 2 nitrogen and oxygen atoms in total. The van der Waals surface area contributed by atoms with Crippen LogP contribution in [0.2, 0.25) is 5.02 Å². The summed E-state index contributed by atoms with van der Waals surface area (Å²) in [6.07, 6.45) is 2.00. The van der Waals surface area contributed by atoms with Crippen LogP contribution >= 0.6 is 22.5 Å². The van der Waals surface area contributed by atoms with Crippen LogP contribution in [0.25, 0.3) is 0 Å². The van der Waals surface area contributed by atoms with E-state index in [9.17, 15) is 0 Å². The molecule has 0 saturated heterocycles. The van der Waals surface area contributed by atoms with Gasteiger partial charge in [0, 0.05) is 10.3 Å². The maximum atomic E-state index is 6.05. The second-order valence-electron chi connectivity index (χ2n) is 4.63. The van der Waals surface area contributed by atoms with Gasteiger partial charge in [0.2, 0.25) is 0 Å². The zero-order valence-electron chi connectivity index (χ0n) is 11.3. The zero-order valence-corrected chi connectivity index (χ0v) is 12.9. The molecule has 0 saturated carbocycles. The van der Waals surface area contributed by atoms with Gasteiger partial charge in [-0.2, -0.15) is 10.9 Å². The molecular formula is C17H15ClNOS. The fourth-order valence-electron chi connectivity index (χ4n) is 2.04. The molecule has 2 aromatic carbocycles. The van der Waals surface area contributed by atoms with Gasteiger partial charge in [-0.25, -0.2) is 0 Å². The van der Waals surface area contributed by atoms with Crippen LogP contribution in [0.5, 0.6) is 0 Å². The Hall–Kier alpha value is -1.84. The fourth-order valence-corrected chi connectivity index (χ4v) is 4.02. The van der Waals surface area contributed by atoms with E-state index in [1.807, 2.05) is 42.5 Å². The van der Waals surface area contributed by atoms with Crippen LogP contribution < -0.4 is 5.73 Å². The first-order valence-corrected chi connectivity index (χ1v) is 8.40. The highest BCUT2D eigenvalue weighted by Gasteiger charge is 2.13. The van der Waals surface area contributed by atoms with Crippen LogP contribution in [0.15, 0.2) is 70.0 Å². The van der Waals surface area contributed by atoms with Gasteiger partial charge in [0.1, 0.15) is 12.4 Å². The predicted octanol–water partition coefficient (Wildman–Crippen LogP) is 4.67. The van der Waals surface area contributed by atoms with E-state index in [-0.39, 0.29) is 0 Å². The SMILES string of the molecule is Nc1c(Cl)c[c]cc1[SH]1C=CC(OCc2ccccc2)=C1. The van der Waals surface area contributed by atoms with Gasteiger partial charge in [-0.05, 0) is 35.2 Å². The molecule has 21 heavy (non-hydrogen) atoms. The summed E-state index contributed by atoms with van der Waals surface area (Å²) < 4.78 is 5.82. The highest BCUT2D eigenvalue weighted by molar-refractivity contribution is 8.22. The number of hydrogen-bond donors (Lipinski definition) is 2. The molecule has 1 heterocycles. The average Bonchev–Trinajstić information content (AvgIpc) is 2.98. The highest BCUT2D eigenvalue weighted by atomic mass is 35.5. The summed E-state index contributed by atoms with van der Waals surface area (Å²) in [6.45, 7) is 0.567. The molecule has 1 unspecified atom stereocenters. The van der Waals surface area contributed by atoms with Crippen molar-refractivity contribution >= 4 is 28.2 Å². The summed E-state index contributed by atoms with van der Waals surface area (Å²) >= 11 is 6.05. The van der Waals surface area contributed by atoms with Crippen molar-refractivity contribution in [3.63, 3.8) is 0 Å². The molecule has 1 radical (unpaired) electrons. The van der Waals surface area contributed by atoms with Gasteiger partial charge in [0.25, 0.3) is 0 Å². The minimum atomic E-state index is -0.605. The zero-order chi connectivity index (χ0) is 14.7. The van der Waals surface area contributed by atoms with Crippen LogP contribution in [0.3, 0.4) is 0 Å². The Morgan fingerprint density at radius 2 is 2.00 bits per heavy atom. The van der Waals surface area contributed by atoms with Crippen molar-refractivity contribution in [2.75, 3.05) is 5.73 Å². The van der Waals surface area contributed by atoms with Gasteiger partial charge in [0.15, 0.2) is 0 Å². The lowest BCUT2D eigenvalue weighted by molar-refractivity contribution is 0.212. The Kier molecular flexibility index (Phi) is 4.23. The van der Waals surface area contributed by atoms with Crippen molar-refractivity contribution in [2.24, 2.45) is 0 Å². The first-order valence-electron chi connectivity index (χ1n) is 6.54. The molecule has 0 spiro atoms. The monoisotopic (exact) mass is 316 g/mol. The van der Waals surface area contributed by atoms with E-state index in [0.717, 1.165) is 16.2 Å². The number of hydrogen-bond acceptors (Lipinski definition) is 2. The fraction of sp³-hybridized carbons (Fsp3) is 0.0588. The molecular weight excluding hydrogens is 302 g/mol. The lowest BCUT2D eigenvalue weighted by atomic mass is 10.2. The van der Waals surface area contributed by atoms with Crippen molar-refractivity contribution in [3.05, 3.63) is 81.8 Å². The third kappa shape index (κ3) is 3.26. The minimum Gasteiger partial charge on any atom is -0.488 e. The van der Waals surface area contributed by atoms with Crippen LogP contribution in [0.4, 0.5) is 5.69 Å². The Bertz CT molecular complexity index is 697. The summed E-state index contributed by atoms with van der Waals surface area (Å²) in [4.78, 5) is 1.02. The molecule has 3 rings (SSSR count). The van der Waals surface area contributed by atoms with Gasteiger partial charge < -0.3 is 10.5 Å². The maximum absolute atomic E-state index is 6.05. The van der Waals surface area contributed by atoms with E-state index in [2.05, 4.69) is 16.9 Å². The van der Waals surface area contributed by atoms with Gasteiger partial charge >= 0.3 is 0 Å². The number of anilines is 1. The minimum absolute atomic E-state index is 0.551. The topological polar surface area (TPSA) is 35.2 Å². The van der Waals surface area contributed by atoms with E-state index < -0.39 is 10.9 Å².